The highest BCUT2D eigenvalue weighted by Crippen LogP contribution is 2.38. The third kappa shape index (κ3) is 3.37. The maximum absolute atomic E-state index is 12.6. The van der Waals surface area contributed by atoms with Crippen LogP contribution in [0.15, 0.2) is 23.4 Å². The molecule has 1 aromatic heterocycles. The van der Waals surface area contributed by atoms with Gasteiger partial charge in [0.2, 0.25) is 0 Å². The zero-order chi connectivity index (χ0) is 16.5. The minimum atomic E-state index is -4.59. The summed E-state index contributed by atoms with van der Waals surface area (Å²) in [5.41, 5.74) is 4.49. The molecule has 0 atom stereocenters. The molecular formula is C11H8Cl2F3N5O. The summed E-state index contributed by atoms with van der Waals surface area (Å²) in [6.07, 6.45) is -4.59. The summed E-state index contributed by atoms with van der Waals surface area (Å²) in [5, 5.41) is 20.0. The molecule has 11 heteroatoms. The third-order valence-electron chi connectivity index (χ3n) is 2.55. The van der Waals surface area contributed by atoms with Crippen molar-refractivity contribution in [1.29, 1.82) is 0 Å². The highest BCUT2D eigenvalue weighted by molar-refractivity contribution is 6.40. The van der Waals surface area contributed by atoms with E-state index in [4.69, 9.17) is 34.1 Å². The summed E-state index contributed by atoms with van der Waals surface area (Å²) in [7, 11) is 0. The zero-order valence-electron chi connectivity index (χ0n) is 10.5. The van der Waals surface area contributed by atoms with Gasteiger partial charge in [-0.15, -0.1) is 0 Å². The number of nitrogens with one attached hydrogen (secondary N) is 2. The highest BCUT2D eigenvalue weighted by Gasteiger charge is 2.32. The quantitative estimate of drug-likeness (QED) is 0.287. The number of nitrogens with two attached hydrogens (primary N) is 1. The van der Waals surface area contributed by atoms with Gasteiger partial charge in [0.1, 0.15) is 11.5 Å². The number of rotatable bonds is 2. The Kier molecular flexibility index (Phi) is 4.38. The number of oxime groups is 1. The van der Waals surface area contributed by atoms with Crippen LogP contribution in [-0.2, 0) is 6.18 Å². The standard InChI is InChI=1S/C11H8Cl2F3N5O/c12-5-1-4(11(14,15)16)2-6(13)9(5)18-10(21-22)7-3-8(17)20-19-7/h1-3,22H,(H,18,21)(H3,17,19,20). The van der Waals surface area contributed by atoms with Gasteiger partial charge >= 0.3 is 6.18 Å². The van der Waals surface area contributed by atoms with Crippen molar-refractivity contribution in [1.82, 2.24) is 10.2 Å². The first kappa shape index (κ1) is 16.2. The number of halogens is 5. The van der Waals surface area contributed by atoms with Crippen LogP contribution in [-0.4, -0.2) is 21.2 Å². The second kappa shape index (κ2) is 5.93. The Bertz CT molecular complexity index is 706. The average Bonchev–Trinajstić information content (AvgIpc) is 2.83. The number of nitrogens with zero attached hydrogens (tertiary/aromatic N) is 2. The molecule has 0 bridgehead atoms. The normalized spacial score (nSPS) is 12.5. The van der Waals surface area contributed by atoms with E-state index in [9.17, 15) is 13.2 Å². The Morgan fingerprint density at radius 3 is 2.27 bits per heavy atom. The fourth-order valence-corrected chi connectivity index (χ4v) is 2.15. The lowest BCUT2D eigenvalue weighted by Gasteiger charge is -2.13. The van der Waals surface area contributed by atoms with Gasteiger partial charge in [-0.2, -0.15) is 18.3 Å². The molecule has 1 heterocycles. The average molecular weight is 354 g/mol. The Balaban J connectivity index is 2.37. The van der Waals surface area contributed by atoms with Crippen molar-refractivity contribution in [2.24, 2.45) is 5.16 Å². The molecule has 2 rings (SSSR count). The summed E-state index contributed by atoms with van der Waals surface area (Å²) in [6, 6.07) is 2.74. The summed E-state index contributed by atoms with van der Waals surface area (Å²) < 4.78 is 37.9. The lowest BCUT2D eigenvalue weighted by molar-refractivity contribution is -0.137. The van der Waals surface area contributed by atoms with Gasteiger partial charge in [0.05, 0.1) is 21.3 Å². The summed E-state index contributed by atoms with van der Waals surface area (Å²) in [4.78, 5) is 0. The molecular weight excluding hydrogens is 346 g/mol. The van der Waals surface area contributed by atoms with Crippen LogP contribution in [0.3, 0.4) is 0 Å². The first-order valence-corrected chi connectivity index (χ1v) is 6.34. The highest BCUT2D eigenvalue weighted by atomic mass is 35.5. The molecule has 118 valence electrons. The minimum Gasteiger partial charge on any atom is -0.409 e. The number of benzene rings is 1. The Morgan fingerprint density at radius 1 is 1.27 bits per heavy atom. The molecule has 0 aliphatic rings. The van der Waals surface area contributed by atoms with E-state index < -0.39 is 11.7 Å². The molecule has 0 radical (unpaired) electrons. The number of anilines is 2. The molecule has 2 aromatic rings. The van der Waals surface area contributed by atoms with Gasteiger partial charge in [0, 0.05) is 6.07 Å². The van der Waals surface area contributed by atoms with Crippen LogP contribution < -0.4 is 11.1 Å². The van der Waals surface area contributed by atoms with Gasteiger partial charge in [-0.3, -0.25) is 5.10 Å². The van der Waals surface area contributed by atoms with E-state index in [-0.39, 0.29) is 33.1 Å². The monoisotopic (exact) mass is 353 g/mol. The molecule has 1 aromatic carbocycles. The Hall–Kier alpha value is -2.13. The number of nitrogen functional groups attached to an aromatic ring is 1. The maximum Gasteiger partial charge on any atom is 0.416 e. The number of hydrogen-bond acceptors (Lipinski definition) is 4. The van der Waals surface area contributed by atoms with Crippen molar-refractivity contribution in [2.45, 2.75) is 6.18 Å². The Labute approximate surface area is 131 Å². The third-order valence-corrected chi connectivity index (χ3v) is 3.15. The minimum absolute atomic E-state index is 0.0642. The largest absolute Gasteiger partial charge is 0.416 e. The van der Waals surface area contributed by atoms with Gasteiger partial charge in [0.15, 0.2) is 5.84 Å². The van der Waals surface area contributed by atoms with E-state index in [1.54, 1.807) is 0 Å². The molecule has 0 amide bonds. The molecule has 5 N–H and O–H groups in total. The Morgan fingerprint density at radius 2 is 1.86 bits per heavy atom. The molecule has 0 aliphatic heterocycles. The van der Waals surface area contributed by atoms with Crippen LogP contribution in [0.4, 0.5) is 24.7 Å². The van der Waals surface area contributed by atoms with E-state index in [1.165, 1.54) is 6.07 Å². The van der Waals surface area contributed by atoms with Crippen LogP contribution in [0, 0.1) is 0 Å². The molecule has 22 heavy (non-hydrogen) atoms. The van der Waals surface area contributed by atoms with Crippen LogP contribution >= 0.6 is 23.2 Å². The first-order chi connectivity index (χ1) is 10.2. The van der Waals surface area contributed by atoms with E-state index in [2.05, 4.69) is 20.7 Å². The van der Waals surface area contributed by atoms with Gasteiger partial charge in [-0.05, 0) is 12.1 Å². The molecule has 0 saturated carbocycles. The summed E-state index contributed by atoms with van der Waals surface area (Å²) >= 11 is 11.6. The maximum atomic E-state index is 12.6. The SMILES string of the molecule is Nc1cc(C(=NO)Nc2c(Cl)cc(C(F)(F)F)cc2Cl)n[nH]1. The van der Waals surface area contributed by atoms with Crippen molar-refractivity contribution in [3.63, 3.8) is 0 Å². The topological polar surface area (TPSA) is 99.3 Å². The predicted octanol–water partition coefficient (Wildman–Crippen LogP) is 3.57. The second-order valence-corrected chi connectivity index (χ2v) is 4.91. The fraction of sp³-hybridized carbons (Fsp3) is 0.0909. The first-order valence-electron chi connectivity index (χ1n) is 5.59. The van der Waals surface area contributed by atoms with Crippen molar-refractivity contribution >= 4 is 40.5 Å². The lowest BCUT2D eigenvalue weighted by atomic mass is 10.2. The van der Waals surface area contributed by atoms with Crippen molar-refractivity contribution in [3.05, 3.63) is 39.5 Å². The van der Waals surface area contributed by atoms with Gasteiger partial charge in [0.25, 0.3) is 0 Å². The molecule has 0 fully saturated rings. The summed E-state index contributed by atoms with van der Waals surface area (Å²) in [6.45, 7) is 0. The van der Waals surface area contributed by atoms with Gasteiger partial charge in [-0.25, -0.2) is 0 Å². The van der Waals surface area contributed by atoms with Crippen molar-refractivity contribution in [3.8, 4) is 0 Å². The number of amidine groups is 1. The van der Waals surface area contributed by atoms with Crippen LogP contribution in [0.1, 0.15) is 11.3 Å². The molecule has 6 nitrogen and oxygen atoms in total. The zero-order valence-corrected chi connectivity index (χ0v) is 12.1. The van der Waals surface area contributed by atoms with Crippen LogP contribution in [0.25, 0.3) is 0 Å². The predicted molar refractivity (Wildman–Crippen MR) is 76.4 cm³/mol. The molecule has 0 saturated heterocycles. The van der Waals surface area contributed by atoms with Gasteiger partial charge < -0.3 is 16.3 Å². The smallest absolute Gasteiger partial charge is 0.409 e. The van der Waals surface area contributed by atoms with Crippen LogP contribution in [0.5, 0.6) is 0 Å². The van der Waals surface area contributed by atoms with E-state index in [1.807, 2.05) is 0 Å². The number of alkyl halides is 3. The molecule has 0 unspecified atom stereocenters. The number of aromatic nitrogens is 2. The number of H-pyrrole nitrogens is 1. The van der Waals surface area contributed by atoms with Crippen molar-refractivity contribution < 1.29 is 18.4 Å². The summed E-state index contributed by atoms with van der Waals surface area (Å²) in [5.74, 6) is -0.000859. The van der Waals surface area contributed by atoms with E-state index >= 15 is 0 Å². The molecule has 0 aliphatic carbocycles. The lowest BCUT2D eigenvalue weighted by Crippen LogP contribution is -2.15. The van der Waals surface area contributed by atoms with Gasteiger partial charge in [-0.1, -0.05) is 28.4 Å². The molecule has 0 spiro atoms. The number of hydrogen-bond donors (Lipinski definition) is 4. The van der Waals surface area contributed by atoms with Crippen LogP contribution in [0.2, 0.25) is 10.0 Å². The van der Waals surface area contributed by atoms with E-state index in [0.29, 0.717) is 12.1 Å². The fourth-order valence-electron chi connectivity index (χ4n) is 1.57. The van der Waals surface area contributed by atoms with E-state index in [0.717, 1.165) is 0 Å². The van der Waals surface area contributed by atoms with Crippen molar-refractivity contribution in [2.75, 3.05) is 11.1 Å². The second-order valence-electron chi connectivity index (χ2n) is 4.09. The number of aromatic amines is 1.